The van der Waals surface area contributed by atoms with E-state index in [1.54, 1.807) is 0 Å². The van der Waals surface area contributed by atoms with Crippen LogP contribution in [0.5, 0.6) is 0 Å². The molecule has 0 rings (SSSR count). The SMILES string of the molecule is CCCCCCCCS(=O)(=O)OP(CCCCCCCC)(CCCCCCCC)(CCCCCCCC)CCCCCCCC. The molecule has 0 spiro atoms. The Morgan fingerprint density at radius 2 is 0.556 bits per heavy atom. The molecule has 45 heavy (non-hydrogen) atoms. The average molecular weight is 677 g/mol. The fraction of sp³-hybridized carbons (Fsp3) is 1.00. The molecule has 0 aliphatic rings. The van der Waals surface area contributed by atoms with Gasteiger partial charge >= 0.3 is 287 Å². The molecule has 0 N–H and O–H groups in total. The van der Waals surface area contributed by atoms with Gasteiger partial charge < -0.3 is 0 Å². The molecular weight excluding hydrogens is 591 g/mol. The van der Waals surface area contributed by atoms with Crippen LogP contribution >= 0.6 is 6.83 Å². The molecule has 3 nitrogen and oxygen atoms in total. The van der Waals surface area contributed by atoms with Crippen LogP contribution in [0.2, 0.25) is 0 Å². The Morgan fingerprint density at radius 1 is 0.333 bits per heavy atom. The first-order chi connectivity index (χ1) is 21.8. The van der Waals surface area contributed by atoms with E-state index in [0.717, 1.165) is 69.6 Å². The van der Waals surface area contributed by atoms with Gasteiger partial charge in [0.2, 0.25) is 0 Å². The molecule has 274 valence electrons. The summed E-state index contributed by atoms with van der Waals surface area (Å²) >= 11 is 0. The monoisotopic (exact) mass is 677 g/mol. The van der Waals surface area contributed by atoms with Crippen LogP contribution in [0.3, 0.4) is 0 Å². The predicted molar refractivity (Wildman–Crippen MR) is 208 cm³/mol. The number of hydrogen-bond donors (Lipinski definition) is 0. The van der Waals surface area contributed by atoms with Crippen LogP contribution in [0.25, 0.3) is 0 Å². The Hall–Kier alpha value is 0.340. The molecule has 0 aromatic rings. The van der Waals surface area contributed by atoms with Crippen LogP contribution < -0.4 is 0 Å². The number of unbranched alkanes of at least 4 members (excludes halogenated alkanes) is 25. The van der Waals surface area contributed by atoms with Gasteiger partial charge in [0, 0.05) is 0 Å². The van der Waals surface area contributed by atoms with Gasteiger partial charge in [-0.2, -0.15) is 0 Å². The van der Waals surface area contributed by atoms with Gasteiger partial charge in [-0.1, -0.05) is 0 Å². The van der Waals surface area contributed by atoms with E-state index in [4.69, 9.17) is 3.97 Å². The van der Waals surface area contributed by atoms with E-state index < -0.39 is 16.9 Å². The molecule has 0 radical (unpaired) electrons. The molecule has 0 aliphatic heterocycles. The Kier molecular flexibility index (Phi) is 30.6. The van der Waals surface area contributed by atoms with Crippen molar-refractivity contribution in [2.45, 2.75) is 227 Å². The van der Waals surface area contributed by atoms with Gasteiger partial charge in [0.25, 0.3) is 0 Å². The quantitative estimate of drug-likeness (QED) is 0.0486. The molecule has 0 heterocycles. The third kappa shape index (κ3) is 25.0. The van der Waals surface area contributed by atoms with Gasteiger partial charge in [-0.3, -0.25) is 0 Å². The van der Waals surface area contributed by atoms with Crippen molar-refractivity contribution in [2.75, 3.05) is 30.4 Å². The molecule has 0 saturated heterocycles. The van der Waals surface area contributed by atoms with Gasteiger partial charge in [-0.05, 0) is 0 Å². The summed E-state index contributed by atoms with van der Waals surface area (Å²) in [5.41, 5.74) is 0. The van der Waals surface area contributed by atoms with Crippen molar-refractivity contribution in [2.24, 2.45) is 0 Å². The van der Waals surface area contributed by atoms with E-state index in [2.05, 4.69) is 34.6 Å². The van der Waals surface area contributed by atoms with E-state index >= 15 is 0 Å². The summed E-state index contributed by atoms with van der Waals surface area (Å²) in [4.78, 5) is 0. The van der Waals surface area contributed by atoms with E-state index in [1.807, 2.05) is 0 Å². The fourth-order valence-corrected chi connectivity index (χ4v) is 17.5. The molecular formula is C40H85O3PS. The first kappa shape index (κ1) is 45.3. The van der Waals surface area contributed by atoms with Crippen LogP contribution in [0.15, 0.2) is 0 Å². The molecule has 0 saturated carbocycles. The second kappa shape index (κ2) is 30.4. The van der Waals surface area contributed by atoms with Gasteiger partial charge in [-0.25, -0.2) is 0 Å². The molecule has 0 unspecified atom stereocenters. The van der Waals surface area contributed by atoms with Crippen molar-refractivity contribution in [3.05, 3.63) is 0 Å². The summed E-state index contributed by atoms with van der Waals surface area (Å²) in [5.74, 6) is 0.233. The topological polar surface area (TPSA) is 43.4 Å². The Labute approximate surface area is 286 Å². The fourth-order valence-electron chi connectivity index (χ4n) is 7.41. The maximum absolute atomic E-state index is 14.0. The number of rotatable bonds is 37. The van der Waals surface area contributed by atoms with Gasteiger partial charge in [0.15, 0.2) is 0 Å². The first-order valence-corrected chi connectivity index (χ1v) is 25.2. The van der Waals surface area contributed by atoms with Crippen LogP contribution in [0, 0.1) is 0 Å². The van der Waals surface area contributed by atoms with Crippen molar-refractivity contribution in [1.29, 1.82) is 0 Å². The van der Waals surface area contributed by atoms with Crippen molar-refractivity contribution < 1.29 is 12.4 Å². The zero-order chi connectivity index (χ0) is 33.4. The van der Waals surface area contributed by atoms with E-state index in [-0.39, 0.29) is 5.75 Å². The summed E-state index contributed by atoms with van der Waals surface area (Å²) in [6, 6.07) is 0. The molecule has 0 aromatic carbocycles. The summed E-state index contributed by atoms with van der Waals surface area (Å²) in [6.45, 7) is 8.45. The summed E-state index contributed by atoms with van der Waals surface area (Å²) in [6.07, 6.45) is 41.3. The summed E-state index contributed by atoms with van der Waals surface area (Å²) in [7, 11) is -3.54. The predicted octanol–water partition coefficient (Wildman–Crippen LogP) is 14.6. The van der Waals surface area contributed by atoms with Crippen molar-refractivity contribution >= 4 is 16.9 Å². The van der Waals surface area contributed by atoms with Crippen LogP contribution in [-0.4, -0.2) is 38.8 Å². The second-order valence-corrected chi connectivity index (χ2v) is 22.6. The normalized spacial score (nSPS) is 13.3. The second-order valence-electron chi connectivity index (χ2n) is 14.9. The van der Waals surface area contributed by atoms with E-state index in [9.17, 15) is 8.42 Å². The molecule has 0 fully saturated rings. The van der Waals surface area contributed by atoms with Gasteiger partial charge in [0.05, 0.1) is 0 Å². The zero-order valence-corrected chi connectivity index (χ0v) is 33.5. The Balaban J connectivity index is 6.15. The summed E-state index contributed by atoms with van der Waals surface area (Å²) < 4.78 is 35.1. The van der Waals surface area contributed by atoms with E-state index in [0.29, 0.717) is 0 Å². The van der Waals surface area contributed by atoms with Crippen LogP contribution in [-0.2, 0) is 14.1 Å². The molecule has 5 heteroatoms. The Morgan fingerprint density at radius 3 is 0.822 bits per heavy atom. The number of hydrogen-bond acceptors (Lipinski definition) is 3. The third-order valence-electron chi connectivity index (χ3n) is 10.4. The van der Waals surface area contributed by atoms with Crippen molar-refractivity contribution in [3.63, 3.8) is 0 Å². The Bertz CT molecular complexity index is 648. The van der Waals surface area contributed by atoms with Crippen LogP contribution in [0.1, 0.15) is 227 Å². The molecule has 0 aromatic heterocycles. The molecule has 0 aliphatic carbocycles. The third-order valence-corrected chi connectivity index (χ3v) is 19.6. The molecule has 0 bridgehead atoms. The standard InChI is InChI=1S/C40H85O3PS/c1-6-11-16-21-26-31-36-44(37-32-27-22-17-12-7-2,38-33-28-23-18-13-8-3,39-34-29-24-19-14-9-4)43-45(41,42)40-35-30-25-20-15-10-5/h6-40H2,1-5H3. The van der Waals surface area contributed by atoms with Crippen LogP contribution in [0.4, 0.5) is 0 Å². The maximum atomic E-state index is 14.0. The minimum atomic E-state index is -3.54. The zero-order valence-electron chi connectivity index (χ0n) is 31.8. The molecule has 0 amide bonds. The minimum absolute atomic E-state index is 0.233. The van der Waals surface area contributed by atoms with E-state index in [1.165, 1.54) is 148 Å². The summed E-state index contributed by atoms with van der Waals surface area (Å²) in [5, 5.41) is 0. The first-order valence-electron chi connectivity index (χ1n) is 20.8. The van der Waals surface area contributed by atoms with Gasteiger partial charge in [0.1, 0.15) is 0 Å². The molecule has 0 atom stereocenters. The van der Waals surface area contributed by atoms with Gasteiger partial charge in [-0.15, -0.1) is 0 Å². The average Bonchev–Trinajstić information content (AvgIpc) is 3.02. The van der Waals surface area contributed by atoms with Crippen molar-refractivity contribution in [3.8, 4) is 0 Å². The van der Waals surface area contributed by atoms with Crippen molar-refractivity contribution in [1.82, 2.24) is 0 Å².